The van der Waals surface area contributed by atoms with E-state index in [1.165, 1.54) is 22.9 Å². The molecule has 0 bridgehead atoms. The number of aromatic nitrogens is 1. The van der Waals surface area contributed by atoms with Crippen LogP contribution in [-0.4, -0.2) is 32.3 Å². The lowest BCUT2D eigenvalue weighted by molar-refractivity contribution is 0.152. The van der Waals surface area contributed by atoms with Gasteiger partial charge in [0.1, 0.15) is 16.1 Å². The van der Waals surface area contributed by atoms with Crippen molar-refractivity contribution in [1.29, 1.82) is 0 Å². The third-order valence-electron chi connectivity index (χ3n) is 3.70. The Bertz CT molecular complexity index is 841. The molecule has 1 atom stereocenters. The fraction of sp³-hybridized carbons (Fsp3) is 0.444. The lowest BCUT2D eigenvalue weighted by Crippen LogP contribution is -2.26. The van der Waals surface area contributed by atoms with Gasteiger partial charge >= 0.3 is 6.09 Å². The molecule has 1 heterocycles. The molecule has 26 heavy (non-hydrogen) atoms. The Morgan fingerprint density at radius 3 is 2.58 bits per heavy atom. The van der Waals surface area contributed by atoms with Gasteiger partial charge in [0, 0.05) is 22.7 Å². The summed E-state index contributed by atoms with van der Waals surface area (Å²) < 4.78 is 49.0. The Hall–Kier alpha value is -1.93. The summed E-state index contributed by atoms with van der Waals surface area (Å²) in [7, 11) is 0. The minimum atomic E-state index is -2.73. The normalized spacial score (nSPS) is 14.1. The lowest BCUT2D eigenvalue weighted by atomic mass is 10.0. The number of alkyl halides is 2. The molecule has 8 heteroatoms. The Balaban J connectivity index is 2.62. The van der Waals surface area contributed by atoms with Crippen LogP contribution in [0.3, 0.4) is 0 Å². The zero-order chi connectivity index (χ0) is 19.6. The quantitative estimate of drug-likeness (QED) is 0.559. The highest BCUT2D eigenvalue weighted by atomic mass is 32.2. The van der Waals surface area contributed by atoms with Gasteiger partial charge in [0.05, 0.1) is 17.8 Å². The Morgan fingerprint density at radius 2 is 2.04 bits per heavy atom. The summed E-state index contributed by atoms with van der Waals surface area (Å²) >= 11 is -1.52. The third kappa shape index (κ3) is 4.24. The zero-order valence-electron chi connectivity index (χ0n) is 15.4. The van der Waals surface area contributed by atoms with Gasteiger partial charge in [0.25, 0.3) is 6.43 Å². The van der Waals surface area contributed by atoms with E-state index < -0.39 is 28.6 Å². The van der Waals surface area contributed by atoms with Gasteiger partial charge in [-0.3, -0.25) is 4.57 Å². The Morgan fingerprint density at radius 1 is 1.38 bits per heavy atom. The maximum Gasteiger partial charge on any atom is 0.418 e. The number of fused-ring (bicyclic) bond motifs is 1. The molecule has 142 valence electrons. The minimum Gasteiger partial charge on any atom is -0.591 e. The van der Waals surface area contributed by atoms with E-state index in [1.807, 2.05) is 0 Å². The van der Waals surface area contributed by atoms with Crippen LogP contribution in [0.5, 0.6) is 0 Å². The van der Waals surface area contributed by atoms with Crippen LogP contribution >= 0.6 is 0 Å². The van der Waals surface area contributed by atoms with Crippen molar-refractivity contribution in [3.8, 4) is 0 Å². The predicted molar refractivity (Wildman–Crippen MR) is 99.4 cm³/mol. The van der Waals surface area contributed by atoms with Crippen LogP contribution in [0.15, 0.2) is 28.8 Å². The smallest absolute Gasteiger partial charge is 0.418 e. The van der Waals surface area contributed by atoms with E-state index in [0.717, 1.165) is 0 Å². The van der Waals surface area contributed by atoms with Crippen molar-refractivity contribution < 1.29 is 22.9 Å². The zero-order valence-corrected chi connectivity index (χ0v) is 16.2. The second kappa shape index (κ2) is 7.75. The van der Waals surface area contributed by atoms with Crippen LogP contribution in [0.2, 0.25) is 0 Å². The van der Waals surface area contributed by atoms with E-state index in [9.17, 15) is 18.1 Å². The molecule has 0 aliphatic heterocycles. The third-order valence-corrected chi connectivity index (χ3v) is 5.19. The fourth-order valence-electron chi connectivity index (χ4n) is 2.33. The molecule has 1 unspecified atom stereocenters. The molecule has 2 aromatic rings. The molecule has 0 aliphatic carbocycles. The van der Waals surface area contributed by atoms with Crippen molar-refractivity contribution in [1.82, 2.24) is 4.57 Å². The molecule has 0 radical (unpaired) electrons. The first-order valence-corrected chi connectivity index (χ1v) is 9.24. The largest absolute Gasteiger partial charge is 0.591 e. The highest BCUT2D eigenvalue weighted by Crippen LogP contribution is 2.31. The molecule has 0 saturated heterocycles. The first kappa shape index (κ1) is 20.4. The molecule has 1 aromatic carbocycles. The van der Waals surface area contributed by atoms with E-state index in [2.05, 4.69) is 4.40 Å². The number of rotatable bonds is 4. The standard InChI is InChI=1S/C18H22F2N2O3S/c1-6-25-17(23)22-8-7-13-14(16(19)20)9-12(10-15(13)22)11(2)21-26(24)18(3,4)5/h7-10,16H,6H2,1-5H3. The van der Waals surface area contributed by atoms with Crippen molar-refractivity contribution in [2.24, 2.45) is 4.40 Å². The van der Waals surface area contributed by atoms with Gasteiger partial charge in [-0.2, -0.15) is 0 Å². The molecule has 0 amide bonds. The molecule has 2 rings (SSSR count). The Labute approximate surface area is 154 Å². The molecule has 1 aromatic heterocycles. The number of nitrogens with zero attached hydrogens (tertiary/aromatic N) is 2. The highest BCUT2D eigenvalue weighted by molar-refractivity contribution is 7.91. The first-order chi connectivity index (χ1) is 12.1. The van der Waals surface area contributed by atoms with E-state index in [0.29, 0.717) is 16.8 Å². The topological polar surface area (TPSA) is 66.7 Å². The second-order valence-corrected chi connectivity index (χ2v) is 8.63. The Kier molecular flexibility index (Phi) is 6.08. The van der Waals surface area contributed by atoms with Gasteiger partial charge < -0.3 is 9.29 Å². The van der Waals surface area contributed by atoms with Crippen LogP contribution in [0, 0.1) is 0 Å². The predicted octanol–water partition coefficient (Wildman–Crippen LogP) is 4.85. The van der Waals surface area contributed by atoms with Crippen molar-refractivity contribution in [2.45, 2.75) is 45.8 Å². The summed E-state index contributed by atoms with van der Waals surface area (Å²) in [6.07, 6.45) is -1.97. The van der Waals surface area contributed by atoms with E-state index in [1.54, 1.807) is 40.7 Å². The number of ether oxygens (including phenoxy) is 1. The molecule has 0 N–H and O–H groups in total. The monoisotopic (exact) mass is 384 g/mol. The molecule has 5 nitrogen and oxygen atoms in total. The van der Waals surface area contributed by atoms with Crippen LogP contribution < -0.4 is 0 Å². The van der Waals surface area contributed by atoms with Gasteiger partial charge in [-0.25, -0.2) is 13.6 Å². The van der Waals surface area contributed by atoms with Gasteiger partial charge in [0.2, 0.25) is 0 Å². The number of halogens is 2. The van der Waals surface area contributed by atoms with E-state index >= 15 is 0 Å². The molecular formula is C18H22F2N2O3S. The van der Waals surface area contributed by atoms with Crippen LogP contribution in [0.25, 0.3) is 10.9 Å². The molecule has 0 fully saturated rings. The van der Waals surface area contributed by atoms with Crippen molar-refractivity contribution >= 4 is 34.1 Å². The molecule has 0 saturated carbocycles. The van der Waals surface area contributed by atoms with Crippen molar-refractivity contribution in [3.05, 3.63) is 35.5 Å². The number of hydrogen-bond acceptors (Lipinski definition) is 4. The summed E-state index contributed by atoms with van der Waals surface area (Å²) in [6.45, 7) is 8.78. The van der Waals surface area contributed by atoms with Crippen LogP contribution in [0.4, 0.5) is 13.6 Å². The lowest BCUT2D eigenvalue weighted by Gasteiger charge is -2.19. The summed E-state index contributed by atoms with van der Waals surface area (Å²) in [5, 5.41) is 0.265. The van der Waals surface area contributed by atoms with Crippen LogP contribution in [-0.2, 0) is 16.1 Å². The van der Waals surface area contributed by atoms with Crippen molar-refractivity contribution in [3.63, 3.8) is 0 Å². The maximum absolute atomic E-state index is 13.5. The number of carbonyl (C=O) groups is 1. The van der Waals surface area contributed by atoms with Crippen LogP contribution in [0.1, 0.15) is 52.2 Å². The average molecular weight is 384 g/mol. The second-order valence-electron chi connectivity index (χ2n) is 6.72. The maximum atomic E-state index is 13.5. The van der Waals surface area contributed by atoms with E-state index in [4.69, 9.17) is 4.74 Å². The minimum absolute atomic E-state index is 0.172. The van der Waals surface area contributed by atoms with Gasteiger partial charge in [0.15, 0.2) is 0 Å². The molecule has 0 spiro atoms. The van der Waals surface area contributed by atoms with Gasteiger partial charge in [-0.15, -0.1) is 0 Å². The number of carbonyl (C=O) groups excluding carboxylic acids is 1. The SMILES string of the molecule is CCOC(=O)n1ccc2c(C(F)F)cc(C(C)=N[S+]([O-])C(C)(C)C)cc21. The molecular weight excluding hydrogens is 362 g/mol. The number of benzene rings is 1. The summed E-state index contributed by atoms with van der Waals surface area (Å²) in [4.78, 5) is 12.1. The molecule has 0 aliphatic rings. The van der Waals surface area contributed by atoms with E-state index in [-0.39, 0.29) is 17.6 Å². The average Bonchev–Trinajstić information content (AvgIpc) is 2.96. The fourth-order valence-corrected chi connectivity index (χ4v) is 2.95. The van der Waals surface area contributed by atoms with Gasteiger partial charge in [-0.05, 0) is 52.8 Å². The van der Waals surface area contributed by atoms with Gasteiger partial charge in [-0.1, -0.05) is 4.40 Å². The summed E-state index contributed by atoms with van der Waals surface area (Å²) in [5.74, 6) is 0. The highest BCUT2D eigenvalue weighted by Gasteiger charge is 2.27. The van der Waals surface area contributed by atoms with Crippen molar-refractivity contribution in [2.75, 3.05) is 6.61 Å². The first-order valence-electron chi connectivity index (χ1n) is 8.14. The summed E-state index contributed by atoms with van der Waals surface area (Å²) in [5.41, 5.74) is 0.831. The number of hydrogen-bond donors (Lipinski definition) is 0. The summed E-state index contributed by atoms with van der Waals surface area (Å²) in [6, 6.07) is 4.36.